The normalized spacial score (nSPS) is 10.4. The summed E-state index contributed by atoms with van der Waals surface area (Å²) in [5, 5.41) is 15.2. The van der Waals surface area contributed by atoms with Crippen LogP contribution in [0.5, 0.6) is 0 Å². The number of rotatable bonds is 6. The Bertz CT molecular complexity index is 652. The molecule has 0 aliphatic heterocycles. The number of anilines is 1. The van der Waals surface area contributed by atoms with Crippen LogP contribution in [0.2, 0.25) is 5.02 Å². The van der Waals surface area contributed by atoms with Crippen molar-refractivity contribution in [1.82, 2.24) is 4.98 Å². The summed E-state index contributed by atoms with van der Waals surface area (Å²) in [6.45, 7) is 2.73. The molecule has 1 aromatic heterocycles. The van der Waals surface area contributed by atoms with Crippen LogP contribution in [0.1, 0.15) is 13.3 Å². The number of aromatic nitrogens is 1. The predicted octanol–water partition coefficient (Wildman–Crippen LogP) is 4.62. The molecule has 0 atom stereocenters. The first kappa shape index (κ1) is 15.6. The number of nitrogens with one attached hydrogen (secondary N) is 1. The molecule has 1 N–H and O–H groups in total. The summed E-state index contributed by atoms with van der Waals surface area (Å²) >= 11 is 7.41. The largest absolute Gasteiger partial charge is 0.370 e. The highest BCUT2D eigenvalue weighted by molar-refractivity contribution is 7.99. The lowest BCUT2D eigenvalue weighted by molar-refractivity contribution is -0.385. The highest BCUT2D eigenvalue weighted by Gasteiger charge is 2.13. The van der Waals surface area contributed by atoms with Crippen LogP contribution in [0.15, 0.2) is 46.3 Å². The van der Waals surface area contributed by atoms with Crippen molar-refractivity contribution < 1.29 is 4.92 Å². The van der Waals surface area contributed by atoms with Crippen molar-refractivity contribution in [2.75, 3.05) is 11.9 Å². The van der Waals surface area contributed by atoms with Crippen molar-refractivity contribution in [3.05, 3.63) is 51.5 Å². The van der Waals surface area contributed by atoms with Gasteiger partial charge in [0.15, 0.2) is 0 Å². The van der Waals surface area contributed by atoms with Crippen molar-refractivity contribution in [3.8, 4) is 0 Å². The predicted molar refractivity (Wildman–Crippen MR) is 85.2 cm³/mol. The van der Waals surface area contributed by atoms with Gasteiger partial charge in [0, 0.05) is 17.5 Å². The fourth-order valence-corrected chi connectivity index (χ4v) is 2.75. The topological polar surface area (TPSA) is 68.1 Å². The maximum Gasteiger partial charge on any atom is 0.275 e. The van der Waals surface area contributed by atoms with Gasteiger partial charge in [-0.15, -0.1) is 0 Å². The Morgan fingerprint density at radius 1 is 1.38 bits per heavy atom. The fraction of sp³-hybridized carbons (Fsp3) is 0.214. The molecule has 2 aromatic rings. The van der Waals surface area contributed by atoms with Crippen molar-refractivity contribution >= 4 is 34.9 Å². The van der Waals surface area contributed by atoms with Crippen LogP contribution >= 0.6 is 23.4 Å². The Morgan fingerprint density at radius 2 is 2.14 bits per heavy atom. The van der Waals surface area contributed by atoms with E-state index in [1.165, 1.54) is 23.9 Å². The van der Waals surface area contributed by atoms with Gasteiger partial charge in [-0.25, -0.2) is 4.98 Å². The Kier molecular flexibility index (Phi) is 5.41. The van der Waals surface area contributed by atoms with Gasteiger partial charge in [0.05, 0.1) is 16.0 Å². The number of nitrogens with zero attached hydrogens (tertiary/aromatic N) is 2. The monoisotopic (exact) mass is 323 g/mol. The molecule has 21 heavy (non-hydrogen) atoms. The molecule has 0 bridgehead atoms. The van der Waals surface area contributed by atoms with Crippen molar-refractivity contribution in [2.45, 2.75) is 23.3 Å². The number of pyridine rings is 1. The summed E-state index contributed by atoms with van der Waals surface area (Å²) in [5.74, 6) is 0.501. The smallest absolute Gasteiger partial charge is 0.275 e. The van der Waals surface area contributed by atoms with E-state index >= 15 is 0 Å². The number of hydrogen-bond donors (Lipinski definition) is 1. The molecule has 0 saturated carbocycles. The summed E-state index contributed by atoms with van der Waals surface area (Å²) in [5.41, 5.74) is 0.0122. The molecule has 7 heteroatoms. The zero-order valence-corrected chi connectivity index (χ0v) is 12.9. The van der Waals surface area contributed by atoms with E-state index in [1.54, 1.807) is 6.07 Å². The highest BCUT2D eigenvalue weighted by Crippen LogP contribution is 2.34. The second-order valence-electron chi connectivity index (χ2n) is 4.27. The molecule has 1 aromatic carbocycles. The average molecular weight is 324 g/mol. The first-order valence-electron chi connectivity index (χ1n) is 6.43. The SMILES string of the molecule is CCCNc1cc([N+](=O)[O-])cc(Sc2ccccc2Cl)n1. The zero-order chi connectivity index (χ0) is 15.2. The van der Waals surface area contributed by atoms with Crippen LogP contribution in [0, 0.1) is 10.1 Å². The van der Waals surface area contributed by atoms with Gasteiger partial charge in [-0.1, -0.05) is 42.4 Å². The summed E-state index contributed by atoms with van der Waals surface area (Å²) in [6.07, 6.45) is 0.914. The van der Waals surface area contributed by atoms with Crippen molar-refractivity contribution in [2.24, 2.45) is 0 Å². The molecule has 0 aliphatic carbocycles. The van der Waals surface area contributed by atoms with Crippen LogP contribution in [-0.2, 0) is 0 Å². The van der Waals surface area contributed by atoms with Gasteiger partial charge in [-0.05, 0) is 18.6 Å². The van der Waals surface area contributed by atoms with E-state index in [4.69, 9.17) is 11.6 Å². The van der Waals surface area contributed by atoms with Gasteiger partial charge in [0.1, 0.15) is 10.8 Å². The third-order valence-electron chi connectivity index (χ3n) is 2.60. The minimum absolute atomic E-state index is 0.0122. The van der Waals surface area contributed by atoms with E-state index in [9.17, 15) is 10.1 Å². The molecule has 2 rings (SSSR count). The van der Waals surface area contributed by atoms with Gasteiger partial charge < -0.3 is 5.32 Å². The number of halogens is 1. The zero-order valence-electron chi connectivity index (χ0n) is 11.4. The molecule has 0 fully saturated rings. The molecule has 1 heterocycles. The summed E-state index contributed by atoms with van der Waals surface area (Å²) in [6, 6.07) is 10.2. The quantitative estimate of drug-likeness (QED) is 0.620. The van der Waals surface area contributed by atoms with Crippen molar-refractivity contribution in [1.29, 1.82) is 0 Å². The Morgan fingerprint density at radius 3 is 2.81 bits per heavy atom. The first-order chi connectivity index (χ1) is 10.1. The van der Waals surface area contributed by atoms with Crippen LogP contribution in [0.3, 0.4) is 0 Å². The van der Waals surface area contributed by atoms with E-state index in [-0.39, 0.29) is 5.69 Å². The lowest BCUT2D eigenvalue weighted by Gasteiger charge is -2.07. The van der Waals surface area contributed by atoms with Gasteiger partial charge in [-0.3, -0.25) is 10.1 Å². The standard InChI is InChI=1S/C14H14ClN3O2S/c1-2-7-16-13-8-10(18(19)20)9-14(17-13)21-12-6-4-3-5-11(12)15/h3-6,8-9H,2,7H2,1H3,(H,16,17). The second kappa shape index (κ2) is 7.28. The van der Waals surface area contributed by atoms with Gasteiger partial charge in [-0.2, -0.15) is 0 Å². The third-order valence-corrected chi connectivity index (χ3v) is 4.04. The van der Waals surface area contributed by atoms with E-state index in [1.807, 2.05) is 25.1 Å². The van der Waals surface area contributed by atoms with Crippen LogP contribution in [0.25, 0.3) is 0 Å². The molecule has 0 saturated heterocycles. The molecule has 0 amide bonds. The lowest BCUT2D eigenvalue weighted by Crippen LogP contribution is -2.03. The fourth-order valence-electron chi connectivity index (χ4n) is 1.63. The van der Waals surface area contributed by atoms with Gasteiger partial charge >= 0.3 is 0 Å². The summed E-state index contributed by atoms with van der Waals surface area (Å²) in [7, 11) is 0. The Balaban J connectivity index is 2.31. The van der Waals surface area contributed by atoms with E-state index in [2.05, 4.69) is 10.3 Å². The number of benzene rings is 1. The van der Waals surface area contributed by atoms with Crippen LogP contribution < -0.4 is 5.32 Å². The molecule has 0 aliphatic rings. The van der Waals surface area contributed by atoms with E-state index in [0.717, 1.165) is 11.3 Å². The van der Waals surface area contributed by atoms with Gasteiger partial charge in [0.25, 0.3) is 5.69 Å². The molecule has 110 valence electrons. The minimum Gasteiger partial charge on any atom is -0.370 e. The molecule has 5 nitrogen and oxygen atoms in total. The molecule has 0 spiro atoms. The third kappa shape index (κ3) is 4.34. The molecular weight excluding hydrogens is 310 g/mol. The summed E-state index contributed by atoms with van der Waals surface area (Å²) < 4.78 is 0. The van der Waals surface area contributed by atoms with Crippen LogP contribution in [-0.4, -0.2) is 16.5 Å². The number of nitro groups is 1. The van der Waals surface area contributed by atoms with Crippen molar-refractivity contribution in [3.63, 3.8) is 0 Å². The second-order valence-corrected chi connectivity index (χ2v) is 5.73. The summed E-state index contributed by atoms with van der Waals surface area (Å²) in [4.78, 5) is 15.8. The molecule has 0 radical (unpaired) electrons. The van der Waals surface area contributed by atoms with Gasteiger partial charge in [0.2, 0.25) is 0 Å². The maximum atomic E-state index is 11.0. The Labute approximate surface area is 131 Å². The molecule has 0 unspecified atom stereocenters. The van der Waals surface area contributed by atoms with E-state index < -0.39 is 4.92 Å². The maximum absolute atomic E-state index is 11.0. The first-order valence-corrected chi connectivity index (χ1v) is 7.62. The molecular formula is C14H14ClN3O2S. The van der Waals surface area contributed by atoms with E-state index in [0.29, 0.717) is 22.4 Å². The minimum atomic E-state index is -0.421. The van der Waals surface area contributed by atoms with Crippen LogP contribution in [0.4, 0.5) is 11.5 Å². The Hall–Kier alpha value is -1.79. The highest BCUT2D eigenvalue weighted by atomic mass is 35.5. The number of hydrogen-bond acceptors (Lipinski definition) is 5. The lowest BCUT2D eigenvalue weighted by atomic mass is 10.4. The average Bonchev–Trinajstić information content (AvgIpc) is 2.47.